The molecule has 0 bridgehead atoms. The van der Waals surface area contributed by atoms with E-state index >= 15 is 0 Å². The van der Waals surface area contributed by atoms with Gasteiger partial charge in [0.25, 0.3) is 11.5 Å². The van der Waals surface area contributed by atoms with Crippen LogP contribution in [0.5, 0.6) is 11.5 Å². The Balaban J connectivity index is 1.50. The zero-order chi connectivity index (χ0) is 25.1. The van der Waals surface area contributed by atoms with Gasteiger partial charge in [-0.15, -0.1) is 11.8 Å². The fourth-order valence-electron chi connectivity index (χ4n) is 4.76. The summed E-state index contributed by atoms with van der Waals surface area (Å²) in [5.74, 6) is 0.881. The molecule has 10 heteroatoms. The van der Waals surface area contributed by atoms with E-state index in [9.17, 15) is 14.0 Å². The number of amides is 1. The number of aromatic amines is 1. The van der Waals surface area contributed by atoms with Crippen molar-refractivity contribution in [2.45, 2.75) is 44.2 Å². The Morgan fingerprint density at radius 1 is 1.29 bits per heavy atom. The highest BCUT2D eigenvalue weighted by Crippen LogP contribution is 2.44. The zero-order valence-electron chi connectivity index (χ0n) is 20.2. The van der Waals surface area contributed by atoms with E-state index in [2.05, 4.69) is 15.2 Å². The van der Waals surface area contributed by atoms with Gasteiger partial charge < -0.3 is 24.7 Å². The third-order valence-electron chi connectivity index (χ3n) is 6.78. The van der Waals surface area contributed by atoms with Crippen LogP contribution in [-0.2, 0) is 6.54 Å². The molecule has 1 amide bonds. The van der Waals surface area contributed by atoms with Gasteiger partial charge in [-0.1, -0.05) is 11.6 Å². The molecule has 2 aliphatic heterocycles. The fraction of sp³-hybridized carbons (Fsp3) is 0.520. The molecule has 2 aromatic rings. The van der Waals surface area contributed by atoms with Crippen molar-refractivity contribution >= 4 is 29.3 Å². The Hall–Kier alpha value is -2.23. The van der Waals surface area contributed by atoms with Crippen LogP contribution in [0.1, 0.15) is 40.0 Å². The molecule has 7 nitrogen and oxygen atoms in total. The van der Waals surface area contributed by atoms with Gasteiger partial charge in [0.2, 0.25) is 0 Å². The molecule has 190 valence electrons. The van der Waals surface area contributed by atoms with E-state index in [-0.39, 0.29) is 36.7 Å². The number of piperidine rings is 1. The van der Waals surface area contributed by atoms with Crippen molar-refractivity contribution in [1.29, 1.82) is 0 Å². The maximum absolute atomic E-state index is 13.1. The number of halogens is 2. The summed E-state index contributed by atoms with van der Waals surface area (Å²) >= 11 is 7.93. The Morgan fingerprint density at radius 2 is 2.03 bits per heavy atom. The molecule has 4 rings (SSSR count). The second kappa shape index (κ2) is 11.2. The summed E-state index contributed by atoms with van der Waals surface area (Å²) in [6.07, 6.45) is 3.54. The SMILES string of the molecule is CSc1cc(C)[nH]c(=O)c1CNC(=O)c1cc(Cl)c2c(c1C)O[C@@H](C1CCN(CCF)CC1)CO2. The van der Waals surface area contributed by atoms with E-state index in [1.807, 2.05) is 26.2 Å². The standard InChI is InChI=1S/C25H31ClFN3O4S/c1-14-10-21(35-3)18(25(32)29-14)12-28-24(31)17-11-19(26)23-22(15(17)2)34-20(13-33-23)16-4-7-30(8-5-16)9-6-27/h10-11,16,20H,4-9,12-13H2,1-3H3,(H,28,31)(H,29,32)/t20-/m1/s1. The number of aromatic nitrogens is 1. The van der Waals surface area contributed by atoms with Crippen molar-refractivity contribution in [3.8, 4) is 11.5 Å². The first-order valence-electron chi connectivity index (χ1n) is 11.8. The molecule has 3 heterocycles. The van der Waals surface area contributed by atoms with Crippen LogP contribution in [0.25, 0.3) is 0 Å². The van der Waals surface area contributed by atoms with Gasteiger partial charge in [0, 0.05) is 46.3 Å². The average molecular weight is 524 g/mol. The monoisotopic (exact) mass is 523 g/mol. The minimum absolute atomic E-state index is 0.0935. The first kappa shape index (κ1) is 25.9. The molecule has 1 atom stereocenters. The van der Waals surface area contributed by atoms with Gasteiger partial charge in [0.1, 0.15) is 19.4 Å². The summed E-state index contributed by atoms with van der Waals surface area (Å²) < 4.78 is 25.0. The highest BCUT2D eigenvalue weighted by molar-refractivity contribution is 7.98. The quantitative estimate of drug-likeness (QED) is 0.531. The number of nitrogens with zero attached hydrogens (tertiary/aromatic N) is 1. The highest BCUT2D eigenvalue weighted by Gasteiger charge is 2.34. The smallest absolute Gasteiger partial charge is 0.254 e. The second-order valence-corrected chi connectivity index (χ2v) is 10.3. The lowest BCUT2D eigenvalue weighted by Crippen LogP contribution is -2.44. The minimum Gasteiger partial charge on any atom is -0.484 e. The lowest BCUT2D eigenvalue weighted by Gasteiger charge is -2.38. The number of H-pyrrole nitrogens is 1. The molecule has 1 aromatic heterocycles. The molecule has 2 aliphatic rings. The van der Waals surface area contributed by atoms with Crippen molar-refractivity contribution < 1.29 is 18.7 Å². The first-order chi connectivity index (χ1) is 16.8. The number of pyridine rings is 1. The van der Waals surface area contributed by atoms with Crippen LogP contribution in [0.3, 0.4) is 0 Å². The van der Waals surface area contributed by atoms with Gasteiger partial charge in [-0.25, -0.2) is 4.39 Å². The minimum atomic E-state index is -0.343. The maximum Gasteiger partial charge on any atom is 0.254 e. The number of benzene rings is 1. The molecule has 35 heavy (non-hydrogen) atoms. The number of hydrogen-bond acceptors (Lipinski definition) is 6. The Kier molecular flexibility index (Phi) is 8.29. The molecule has 1 fully saturated rings. The molecule has 0 aliphatic carbocycles. The zero-order valence-corrected chi connectivity index (χ0v) is 21.8. The lowest BCUT2D eigenvalue weighted by molar-refractivity contribution is 0.0194. The van der Waals surface area contributed by atoms with Crippen LogP contribution >= 0.6 is 23.4 Å². The van der Waals surface area contributed by atoms with E-state index in [1.165, 1.54) is 11.8 Å². The molecule has 2 N–H and O–H groups in total. The van der Waals surface area contributed by atoms with E-state index in [0.717, 1.165) is 36.5 Å². The summed E-state index contributed by atoms with van der Waals surface area (Å²) in [5.41, 5.74) is 2.09. The van der Waals surface area contributed by atoms with Crippen molar-refractivity contribution in [3.05, 3.63) is 49.9 Å². The summed E-state index contributed by atoms with van der Waals surface area (Å²) in [5, 5.41) is 3.16. The largest absolute Gasteiger partial charge is 0.484 e. The van der Waals surface area contributed by atoms with E-state index in [0.29, 0.717) is 46.4 Å². The first-order valence-corrected chi connectivity index (χ1v) is 13.4. The molecule has 1 aromatic carbocycles. The predicted octanol–water partition coefficient (Wildman–Crippen LogP) is 4.12. The topological polar surface area (TPSA) is 83.7 Å². The number of thioether (sulfide) groups is 1. The molecule has 0 saturated carbocycles. The summed E-state index contributed by atoms with van der Waals surface area (Å²) in [4.78, 5) is 31.3. The van der Waals surface area contributed by atoms with Crippen LogP contribution < -0.4 is 20.3 Å². The Labute approximate surface area is 213 Å². The Bertz CT molecular complexity index is 1150. The van der Waals surface area contributed by atoms with Crippen LogP contribution in [0.15, 0.2) is 21.8 Å². The molecule has 1 saturated heterocycles. The number of hydrogen-bond donors (Lipinski definition) is 2. The summed E-state index contributed by atoms with van der Waals surface area (Å²) in [6, 6.07) is 3.47. The van der Waals surface area contributed by atoms with Gasteiger partial charge in [-0.3, -0.25) is 9.59 Å². The van der Waals surface area contributed by atoms with Gasteiger partial charge in [-0.05, 0) is 58.2 Å². The van der Waals surface area contributed by atoms with Crippen LogP contribution in [0.2, 0.25) is 5.02 Å². The number of fused-ring (bicyclic) bond motifs is 1. The lowest BCUT2D eigenvalue weighted by atomic mass is 9.90. The number of rotatable bonds is 7. The maximum atomic E-state index is 13.1. The van der Waals surface area contributed by atoms with Crippen LogP contribution in [0, 0.1) is 19.8 Å². The van der Waals surface area contributed by atoms with Gasteiger partial charge >= 0.3 is 0 Å². The van der Waals surface area contributed by atoms with Crippen molar-refractivity contribution in [2.75, 3.05) is 39.2 Å². The van der Waals surface area contributed by atoms with Crippen molar-refractivity contribution in [2.24, 2.45) is 5.92 Å². The van der Waals surface area contributed by atoms with E-state index < -0.39 is 0 Å². The highest BCUT2D eigenvalue weighted by atomic mass is 35.5. The normalized spacial score (nSPS) is 18.5. The van der Waals surface area contributed by atoms with Crippen molar-refractivity contribution in [1.82, 2.24) is 15.2 Å². The predicted molar refractivity (Wildman–Crippen MR) is 136 cm³/mol. The van der Waals surface area contributed by atoms with Gasteiger partial charge in [0.15, 0.2) is 11.5 Å². The van der Waals surface area contributed by atoms with Crippen molar-refractivity contribution in [3.63, 3.8) is 0 Å². The van der Waals surface area contributed by atoms with Gasteiger partial charge in [-0.2, -0.15) is 0 Å². The van der Waals surface area contributed by atoms with Crippen LogP contribution in [0.4, 0.5) is 4.39 Å². The number of alkyl halides is 1. The van der Waals surface area contributed by atoms with Crippen LogP contribution in [-0.4, -0.2) is 61.1 Å². The molecule has 0 spiro atoms. The number of carbonyl (C=O) groups excluding carboxylic acids is 1. The second-order valence-electron chi connectivity index (χ2n) is 9.04. The molecular weight excluding hydrogens is 493 g/mol. The summed E-state index contributed by atoms with van der Waals surface area (Å²) in [6.45, 7) is 5.92. The number of carbonyl (C=O) groups is 1. The number of likely N-dealkylation sites (tertiary alicyclic amines) is 1. The van der Waals surface area contributed by atoms with E-state index in [4.69, 9.17) is 21.1 Å². The molecule has 0 unspecified atom stereocenters. The van der Waals surface area contributed by atoms with E-state index in [1.54, 1.807) is 6.07 Å². The third-order valence-corrected chi connectivity index (χ3v) is 7.86. The third kappa shape index (κ3) is 5.62. The number of aryl methyl sites for hydroxylation is 1. The molecular formula is C25H31ClFN3O4S. The fourth-order valence-corrected chi connectivity index (χ4v) is 5.72. The molecule has 0 radical (unpaired) electrons. The summed E-state index contributed by atoms with van der Waals surface area (Å²) in [7, 11) is 0. The average Bonchev–Trinajstić information content (AvgIpc) is 2.85. The Morgan fingerprint density at radius 3 is 2.71 bits per heavy atom. The van der Waals surface area contributed by atoms with Gasteiger partial charge in [0.05, 0.1) is 5.02 Å². The number of nitrogens with one attached hydrogen (secondary N) is 2. The number of ether oxygens (including phenoxy) is 2.